The van der Waals surface area contributed by atoms with E-state index in [2.05, 4.69) is 0 Å². The van der Waals surface area contributed by atoms with Crippen molar-refractivity contribution in [2.45, 2.75) is 13.8 Å². The first-order valence-corrected chi connectivity index (χ1v) is 11.6. The van der Waals surface area contributed by atoms with Crippen molar-refractivity contribution in [2.75, 3.05) is 26.4 Å². The van der Waals surface area contributed by atoms with Gasteiger partial charge < -0.3 is 18.9 Å². The maximum Gasteiger partial charge on any atom is 0.344 e. The number of non-ortho nitro benzene ring substituents is 1. The standard InChI is InChI=1S/C28H27NO8/c1-3-34-27(30)18-36-24-13-7-21(8-14-24)26(17-20-5-11-23(12-6-20)29(32)33)22-9-15-25(16-10-22)37-19-28(31)35-4-2/h5-17H,3-4,18-19H2,1-2H3. The van der Waals surface area contributed by atoms with Gasteiger partial charge in [-0.3, -0.25) is 10.1 Å². The van der Waals surface area contributed by atoms with Gasteiger partial charge in [0.2, 0.25) is 0 Å². The van der Waals surface area contributed by atoms with E-state index < -0.39 is 16.9 Å². The molecule has 0 radical (unpaired) electrons. The summed E-state index contributed by atoms with van der Waals surface area (Å²) >= 11 is 0. The summed E-state index contributed by atoms with van der Waals surface area (Å²) in [5.41, 5.74) is 3.31. The van der Waals surface area contributed by atoms with Crippen LogP contribution in [-0.2, 0) is 19.1 Å². The number of esters is 2. The summed E-state index contributed by atoms with van der Waals surface area (Å²) in [5, 5.41) is 11.0. The van der Waals surface area contributed by atoms with E-state index in [1.807, 2.05) is 30.3 Å². The van der Waals surface area contributed by atoms with Gasteiger partial charge in [-0.15, -0.1) is 0 Å². The number of carbonyl (C=O) groups excluding carboxylic acids is 2. The molecule has 0 aliphatic rings. The average molecular weight is 506 g/mol. The molecule has 0 heterocycles. The highest BCUT2D eigenvalue weighted by Gasteiger charge is 2.10. The van der Waals surface area contributed by atoms with Crippen LogP contribution in [0.25, 0.3) is 11.6 Å². The van der Waals surface area contributed by atoms with Gasteiger partial charge in [-0.05, 0) is 78.6 Å². The number of nitro benzene ring substituents is 1. The molecule has 0 unspecified atom stereocenters. The van der Waals surface area contributed by atoms with E-state index in [0.29, 0.717) is 11.5 Å². The lowest BCUT2D eigenvalue weighted by Crippen LogP contribution is -2.14. The number of ether oxygens (including phenoxy) is 4. The fraction of sp³-hybridized carbons (Fsp3) is 0.214. The number of benzene rings is 3. The Hall–Kier alpha value is -4.66. The Labute approximate surface area is 214 Å². The summed E-state index contributed by atoms with van der Waals surface area (Å²) in [6.07, 6.45) is 1.91. The highest BCUT2D eigenvalue weighted by molar-refractivity contribution is 5.91. The van der Waals surface area contributed by atoms with E-state index in [-0.39, 0.29) is 32.1 Å². The molecule has 0 fully saturated rings. The van der Waals surface area contributed by atoms with Crippen molar-refractivity contribution in [2.24, 2.45) is 0 Å². The van der Waals surface area contributed by atoms with Crippen LogP contribution in [0.1, 0.15) is 30.5 Å². The average Bonchev–Trinajstić information content (AvgIpc) is 2.91. The number of hydrogen-bond acceptors (Lipinski definition) is 8. The van der Waals surface area contributed by atoms with Gasteiger partial charge in [-0.2, -0.15) is 0 Å². The van der Waals surface area contributed by atoms with Gasteiger partial charge in [-0.1, -0.05) is 24.3 Å². The van der Waals surface area contributed by atoms with Crippen molar-refractivity contribution in [3.8, 4) is 11.5 Å². The number of nitro groups is 1. The molecule has 192 valence electrons. The van der Waals surface area contributed by atoms with Gasteiger partial charge in [0.05, 0.1) is 18.1 Å². The van der Waals surface area contributed by atoms with Crippen molar-refractivity contribution in [1.82, 2.24) is 0 Å². The van der Waals surface area contributed by atoms with Crippen LogP contribution in [0.5, 0.6) is 11.5 Å². The van der Waals surface area contributed by atoms with Gasteiger partial charge in [0.25, 0.3) is 5.69 Å². The Morgan fingerprint density at radius 3 is 1.54 bits per heavy atom. The Morgan fingerprint density at radius 2 is 1.16 bits per heavy atom. The fourth-order valence-electron chi connectivity index (χ4n) is 3.34. The minimum atomic E-state index is -0.449. The number of hydrogen-bond donors (Lipinski definition) is 0. The highest BCUT2D eigenvalue weighted by atomic mass is 16.6. The van der Waals surface area contributed by atoms with E-state index >= 15 is 0 Å². The molecule has 0 saturated heterocycles. The third kappa shape index (κ3) is 8.21. The molecular formula is C28H27NO8. The van der Waals surface area contributed by atoms with E-state index in [1.165, 1.54) is 12.1 Å². The Kier molecular flexibility index (Phi) is 9.78. The number of nitrogens with zero attached hydrogens (tertiary/aromatic N) is 1. The van der Waals surface area contributed by atoms with Crippen LogP contribution in [0.15, 0.2) is 72.8 Å². The Balaban J connectivity index is 1.86. The van der Waals surface area contributed by atoms with Crippen LogP contribution >= 0.6 is 0 Å². The maximum absolute atomic E-state index is 11.6. The van der Waals surface area contributed by atoms with Gasteiger partial charge in [0, 0.05) is 12.1 Å². The first-order chi connectivity index (χ1) is 17.9. The first kappa shape index (κ1) is 26.9. The molecule has 3 aromatic rings. The van der Waals surface area contributed by atoms with E-state index in [1.54, 1.807) is 50.2 Å². The molecule has 0 atom stereocenters. The lowest BCUT2D eigenvalue weighted by Gasteiger charge is -2.12. The minimum Gasteiger partial charge on any atom is -0.482 e. The summed E-state index contributed by atoms with van der Waals surface area (Å²) in [6.45, 7) is 3.64. The van der Waals surface area contributed by atoms with Crippen LogP contribution in [0.2, 0.25) is 0 Å². The number of rotatable bonds is 12. The molecule has 0 N–H and O–H groups in total. The molecule has 0 saturated carbocycles. The monoisotopic (exact) mass is 505 g/mol. The van der Waals surface area contributed by atoms with Crippen LogP contribution in [0.4, 0.5) is 5.69 Å². The van der Waals surface area contributed by atoms with Gasteiger partial charge in [-0.25, -0.2) is 9.59 Å². The topological polar surface area (TPSA) is 114 Å². The van der Waals surface area contributed by atoms with E-state index in [4.69, 9.17) is 18.9 Å². The zero-order chi connectivity index (χ0) is 26.6. The molecule has 0 amide bonds. The quantitative estimate of drug-likeness (QED) is 0.145. The van der Waals surface area contributed by atoms with Gasteiger partial charge in [0.1, 0.15) is 11.5 Å². The van der Waals surface area contributed by atoms with Crippen molar-refractivity contribution in [3.63, 3.8) is 0 Å². The molecule has 3 aromatic carbocycles. The fourth-order valence-corrected chi connectivity index (χ4v) is 3.34. The molecule has 3 rings (SSSR count). The summed E-state index contributed by atoms with van der Waals surface area (Å²) in [4.78, 5) is 33.7. The lowest BCUT2D eigenvalue weighted by molar-refractivity contribution is -0.384. The summed E-state index contributed by atoms with van der Waals surface area (Å²) in [5.74, 6) is 0.120. The summed E-state index contributed by atoms with van der Waals surface area (Å²) < 4.78 is 20.7. The zero-order valence-electron chi connectivity index (χ0n) is 20.5. The smallest absolute Gasteiger partial charge is 0.344 e. The molecule has 0 aliphatic carbocycles. The zero-order valence-corrected chi connectivity index (χ0v) is 20.5. The molecular weight excluding hydrogens is 478 g/mol. The first-order valence-electron chi connectivity index (χ1n) is 11.6. The molecule has 0 spiro atoms. The second kappa shape index (κ2) is 13.4. The molecule has 0 aliphatic heterocycles. The Bertz CT molecular complexity index is 1170. The molecule has 0 bridgehead atoms. The van der Waals surface area contributed by atoms with Gasteiger partial charge >= 0.3 is 11.9 Å². The normalized spacial score (nSPS) is 10.2. The highest BCUT2D eigenvalue weighted by Crippen LogP contribution is 2.29. The molecule has 37 heavy (non-hydrogen) atoms. The van der Waals surface area contributed by atoms with Crippen molar-refractivity contribution in [1.29, 1.82) is 0 Å². The van der Waals surface area contributed by atoms with Crippen molar-refractivity contribution in [3.05, 3.63) is 99.6 Å². The third-order valence-electron chi connectivity index (χ3n) is 5.07. The summed E-state index contributed by atoms with van der Waals surface area (Å²) in [7, 11) is 0. The molecule has 9 heteroatoms. The lowest BCUT2D eigenvalue weighted by atomic mass is 9.95. The van der Waals surface area contributed by atoms with Crippen LogP contribution in [-0.4, -0.2) is 43.3 Å². The second-order valence-electron chi connectivity index (χ2n) is 7.64. The van der Waals surface area contributed by atoms with E-state index in [0.717, 1.165) is 22.3 Å². The van der Waals surface area contributed by atoms with Crippen LogP contribution < -0.4 is 9.47 Å². The van der Waals surface area contributed by atoms with Crippen LogP contribution in [0.3, 0.4) is 0 Å². The van der Waals surface area contributed by atoms with Crippen LogP contribution in [0, 0.1) is 10.1 Å². The largest absolute Gasteiger partial charge is 0.482 e. The van der Waals surface area contributed by atoms with Crippen molar-refractivity contribution < 1.29 is 33.5 Å². The maximum atomic E-state index is 11.6. The van der Waals surface area contributed by atoms with E-state index in [9.17, 15) is 19.7 Å². The summed E-state index contributed by atoms with van der Waals surface area (Å²) in [6, 6.07) is 20.6. The molecule has 0 aromatic heterocycles. The SMILES string of the molecule is CCOC(=O)COc1ccc(C(=Cc2ccc([N+](=O)[O-])cc2)c2ccc(OCC(=O)OCC)cc2)cc1. The minimum absolute atomic E-state index is 0.00454. The predicted molar refractivity (Wildman–Crippen MR) is 137 cm³/mol. The van der Waals surface area contributed by atoms with Crippen molar-refractivity contribution >= 4 is 29.3 Å². The van der Waals surface area contributed by atoms with Gasteiger partial charge in [0.15, 0.2) is 13.2 Å². The Morgan fingerprint density at radius 1 is 0.730 bits per heavy atom. The second-order valence-corrected chi connectivity index (χ2v) is 7.64. The molecule has 9 nitrogen and oxygen atoms in total. The number of carbonyl (C=O) groups is 2. The predicted octanol–water partition coefficient (Wildman–Crippen LogP) is 5.07. The third-order valence-corrected chi connectivity index (χ3v) is 5.07.